The van der Waals surface area contributed by atoms with Gasteiger partial charge in [0.05, 0.1) is 37.6 Å². The average molecular weight is 1120 g/mol. The molecule has 474 valence electrons. The van der Waals surface area contributed by atoms with Crippen LogP contribution in [-0.4, -0.2) is 98.9 Å². The van der Waals surface area contributed by atoms with Crippen LogP contribution in [0.5, 0.6) is 0 Å². The zero-order valence-corrected chi connectivity index (χ0v) is 55.5. The number of carboxylic acid groups (broad SMARTS) is 1. The number of carboxylic acids is 1. The molecule has 1 aliphatic carbocycles. The summed E-state index contributed by atoms with van der Waals surface area (Å²) in [4.78, 5) is 23.9. The van der Waals surface area contributed by atoms with Gasteiger partial charge in [-0.3, -0.25) is 9.59 Å². The van der Waals surface area contributed by atoms with Gasteiger partial charge in [0.25, 0.3) is 0 Å². The second-order valence-electron chi connectivity index (χ2n) is 23.2. The summed E-state index contributed by atoms with van der Waals surface area (Å²) in [6, 6.07) is 0.898. The van der Waals surface area contributed by atoms with Crippen molar-refractivity contribution in [1.29, 1.82) is 0 Å². The molecule has 9 nitrogen and oxygen atoms in total. The molecule has 1 aliphatic heterocycles. The topological polar surface area (TPSA) is 115 Å². The first-order valence-corrected chi connectivity index (χ1v) is 33.9. The molecule has 1 heterocycles. The van der Waals surface area contributed by atoms with Crippen LogP contribution in [-0.2, 0) is 28.5 Å². The lowest BCUT2D eigenvalue weighted by Crippen LogP contribution is -2.23. The molecule has 2 N–H and O–H groups in total. The molecule has 2 fully saturated rings. The third-order valence-corrected chi connectivity index (χ3v) is 15.7. The smallest absolute Gasteiger partial charge is 0.303 e. The lowest BCUT2D eigenvalue weighted by atomic mass is 10.0. The van der Waals surface area contributed by atoms with Crippen molar-refractivity contribution in [3.05, 3.63) is 24.5 Å². The largest absolute Gasteiger partial charge is 0.498 e. The number of likely N-dealkylation sites (tertiary alicyclic amines) is 1. The van der Waals surface area contributed by atoms with Crippen LogP contribution >= 0.6 is 0 Å². The minimum atomic E-state index is -0.724. The van der Waals surface area contributed by atoms with E-state index in [1.165, 1.54) is 218 Å². The highest BCUT2D eigenvalue weighted by atomic mass is 16.5. The monoisotopic (exact) mass is 1120 g/mol. The van der Waals surface area contributed by atoms with Gasteiger partial charge in [-0.1, -0.05) is 236 Å². The number of aliphatic hydroxyl groups is 1. The van der Waals surface area contributed by atoms with E-state index in [0.717, 1.165) is 78.1 Å². The van der Waals surface area contributed by atoms with E-state index in [-0.39, 0.29) is 17.9 Å². The molecular formula is C70H141NO8. The lowest BCUT2D eigenvalue weighted by molar-refractivity contribution is -0.138. The highest BCUT2D eigenvalue weighted by molar-refractivity contribution is 5.77. The fraction of sp³-hybridized carbons (Fsp3) is 0.914. The van der Waals surface area contributed by atoms with Crippen LogP contribution in [0.3, 0.4) is 0 Å². The van der Waals surface area contributed by atoms with Crippen LogP contribution in [0.15, 0.2) is 24.5 Å². The molecule has 2 unspecified atom stereocenters. The van der Waals surface area contributed by atoms with Crippen molar-refractivity contribution < 1.29 is 38.7 Å². The molecule has 1 saturated heterocycles. The Hall–Kier alpha value is -1.78. The van der Waals surface area contributed by atoms with Crippen molar-refractivity contribution in [3.63, 3.8) is 0 Å². The molecule has 0 spiro atoms. The first kappa shape index (κ1) is 83.7. The van der Waals surface area contributed by atoms with E-state index >= 15 is 0 Å². The molecule has 0 aromatic rings. The Bertz CT molecular complexity index is 1260. The number of nitrogens with zero attached hydrogens (tertiary/aromatic N) is 1. The van der Waals surface area contributed by atoms with E-state index < -0.39 is 5.97 Å². The first-order chi connectivity index (χ1) is 38.4. The number of allylic oxidation sites excluding steroid dienone is 2. The van der Waals surface area contributed by atoms with Gasteiger partial charge in [0.2, 0.25) is 0 Å². The van der Waals surface area contributed by atoms with E-state index in [1.54, 1.807) is 6.08 Å². The normalized spacial score (nSPS) is 15.5. The van der Waals surface area contributed by atoms with Crippen molar-refractivity contribution in [1.82, 2.24) is 4.90 Å². The van der Waals surface area contributed by atoms with Crippen molar-refractivity contribution in [2.75, 3.05) is 60.3 Å². The average Bonchev–Trinajstić information content (AvgIpc) is 4.11. The summed E-state index contributed by atoms with van der Waals surface area (Å²) in [6.07, 6.45) is 52.2. The number of ketones is 1. The van der Waals surface area contributed by atoms with Gasteiger partial charge >= 0.3 is 5.97 Å². The van der Waals surface area contributed by atoms with Gasteiger partial charge < -0.3 is 34.1 Å². The number of rotatable bonds is 49. The molecule has 9 heteroatoms. The predicted molar refractivity (Wildman–Crippen MR) is 345 cm³/mol. The molecule has 0 amide bonds. The molecule has 0 aromatic heterocycles. The SMILES string of the molecule is C/C=C(/CC(CC)COC1(CCCCCCCC)CC1)OC[C@@H](C)CCCC.C=CCOCCCCCCCCC.CCCCCCCCC(=O)CC.CCCCCCCOCC(CC)CC(=O)O.CC[C@@H]1CCCN1C.CO. The standard InChI is InChI=1S/C26H50O2.C13H26O3.C12H24O.C11H22O.C7H15N.CH4O/c1-6-10-12-13-14-15-17-26(18-19-26)28-22-24(8-3)20-25(9-4)27-21-23(5)16-11-7-2;1-3-5-6-7-8-9-16-11-12(4-2)10-13(14)15;1-3-5-6-7-8-9-10-12-13-11-4-2;1-3-5-6-7-8-9-10-11(12)4-2;1-3-7-5-4-6-8(7)2;1-2/h9,23-24H,6-8,10-22H2,1-5H3;12H,3-11H2,1-2H3,(H,14,15);4H,2-3,5-12H2,1H3;3-10H2,1-2H3;7H,3-6H2,1-2H3;2H,1H3/b25-9-;;;;;/t23-,24?;;;;7-;/m0...1./s1. The van der Waals surface area contributed by atoms with Gasteiger partial charge in [0.1, 0.15) is 5.78 Å². The van der Waals surface area contributed by atoms with Gasteiger partial charge in [-0.15, -0.1) is 6.58 Å². The van der Waals surface area contributed by atoms with Crippen molar-refractivity contribution in [2.45, 2.75) is 338 Å². The number of hydrogen-bond donors (Lipinski definition) is 2. The molecule has 0 bridgehead atoms. The quantitative estimate of drug-likeness (QED) is 0.0349. The van der Waals surface area contributed by atoms with E-state index in [0.29, 0.717) is 30.8 Å². The van der Waals surface area contributed by atoms with Crippen LogP contribution in [0.2, 0.25) is 0 Å². The zero-order chi connectivity index (χ0) is 59.9. The highest BCUT2D eigenvalue weighted by Crippen LogP contribution is 2.44. The number of carbonyl (C=O) groups is 2. The van der Waals surface area contributed by atoms with Crippen molar-refractivity contribution in [2.24, 2.45) is 17.8 Å². The number of aliphatic hydroxyl groups excluding tert-OH is 1. The summed E-state index contributed by atoms with van der Waals surface area (Å²) in [6.45, 7) is 33.8. The number of hydrogen-bond acceptors (Lipinski definition) is 8. The summed E-state index contributed by atoms with van der Waals surface area (Å²) >= 11 is 0. The second-order valence-corrected chi connectivity index (χ2v) is 23.2. The molecule has 1 saturated carbocycles. The Balaban J connectivity index is -0.000000472. The maximum atomic E-state index is 10.9. The second kappa shape index (κ2) is 67.0. The molecular weight excluding hydrogens is 983 g/mol. The minimum Gasteiger partial charge on any atom is -0.498 e. The molecule has 2 aliphatic rings. The van der Waals surface area contributed by atoms with Crippen molar-refractivity contribution in [3.8, 4) is 0 Å². The van der Waals surface area contributed by atoms with Gasteiger partial charge in [-0.05, 0) is 109 Å². The fourth-order valence-electron chi connectivity index (χ4n) is 9.61. The van der Waals surface area contributed by atoms with E-state index in [4.69, 9.17) is 29.2 Å². The predicted octanol–water partition coefficient (Wildman–Crippen LogP) is 20.7. The molecule has 79 heavy (non-hydrogen) atoms. The lowest BCUT2D eigenvalue weighted by Gasteiger charge is -2.23. The van der Waals surface area contributed by atoms with Gasteiger partial charge in [0, 0.05) is 52.2 Å². The van der Waals surface area contributed by atoms with Crippen LogP contribution in [0.4, 0.5) is 0 Å². The summed E-state index contributed by atoms with van der Waals surface area (Å²) in [7, 11) is 3.22. The van der Waals surface area contributed by atoms with Gasteiger partial charge in [-0.25, -0.2) is 0 Å². The van der Waals surface area contributed by atoms with Crippen LogP contribution in [0.25, 0.3) is 0 Å². The molecule has 2 rings (SSSR count). The zero-order valence-electron chi connectivity index (χ0n) is 55.5. The Morgan fingerprint density at radius 1 is 0.633 bits per heavy atom. The Morgan fingerprint density at radius 3 is 1.53 bits per heavy atom. The summed E-state index contributed by atoms with van der Waals surface area (Å²) in [5.74, 6) is 2.27. The van der Waals surface area contributed by atoms with Gasteiger partial charge in [0.15, 0.2) is 0 Å². The summed E-state index contributed by atoms with van der Waals surface area (Å²) in [5.41, 5.74) is 0.240. The summed E-state index contributed by atoms with van der Waals surface area (Å²) < 4.78 is 23.4. The highest BCUT2D eigenvalue weighted by Gasteiger charge is 2.43. The number of carbonyl (C=O) groups excluding carboxylic acids is 1. The van der Waals surface area contributed by atoms with Crippen LogP contribution in [0.1, 0.15) is 327 Å². The number of Topliss-reactive ketones (excluding diaryl/α,β-unsaturated/α-hetero) is 1. The maximum absolute atomic E-state index is 10.9. The fourth-order valence-corrected chi connectivity index (χ4v) is 9.61. The Morgan fingerprint density at radius 2 is 1.11 bits per heavy atom. The van der Waals surface area contributed by atoms with E-state index in [2.05, 4.69) is 86.9 Å². The van der Waals surface area contributed by atoms with Gasteiger partial charge in [-0.2, -0.15) is 0 Å². The van der Waals surface area contributed by atoms with E-state index in [1.807, 2.05) is 13.8 Å². The van der Waals surface area contributed by atoms with Crippen molar-refractivity contribution >= 4 is 11.8 Å². The van der Waals surface area contributed by atoms with Crippen LogP contribution in [0, 0.1) is 17.8 Å². The Labute approximate surface area is 494 Å². The molecule has 0 aromatic carbocycles. The first-order valence-electron chi connectivity index (χ1n) is 33.9. The molecule has 0 radical (unpaired) electrons. The number of unbranched alkanes of at least 4 members (excludes halogenated alkanes) is 21. The Kier molecular flexibility index (Phi) is 71.0. The summed E-state index contributed by atoms with van der Waals surface area (Å²) in [5, 5.41) is 15.7. The third kappa shape index (κ3) is 62.1. The maximum Gasteiger partial charge on any atom is 0.303 e. The molecule has 4 atom stereocenters. The minimum absolute atomic E-state index is 0.174. The van der Waals surface area contributed by atoms with E-state index in [9.17, 15) is 9.59 Å². The third-order valence-electron chi connectivity index (χ3n) is 15.7. The van der Waals surface area contributed by atoms with Crippen LogP contribution < -0.4 is 0 Å². The number of ether oxygens (including phenoxy) is 4. The number of aliphatic carboxylic acids is 1.